The Kier molecular flexibility index (Phi) is 3.93. The second kappa shape index (κ2) is 5.66. The van der Waals surface area contributed by atoms with Crippen LogP contribution in [0.4, 0.5) is 10.1 Å². The van der Waals surface area contributed by atoms with E-state index < -0.39 is 17.6 Å². The van der Waals surface area contributed by atoms with E-state index in [1.807, 2.05) is 0 Å². The first kappa shape index (κ1) is 14.6. The number of nitrogens with two attached hydrogens (primary N) is 1. The van der Waals surface area contributed by atoms with Gasteiger partial charge in [0.1, 0.15) is 17.3 Å². The zero-order valence-electron chi connectivity index (χ0n) is 11.5. The number of carbonyl (C=O) groups excluding carboxylic acids is 1. The molecule has 0 aliphatic carbocycles. The number of halogens is 1. The van der Waals surface area contributed by atoms with Crippen molar-refractivity contribution >= 4 is 17.4 Å². The molecule has 2 aromatic rings. The lowest BCUT2D eigenvalue weighted by Crippen LogP contribution is -2.20. The van der Waals surface area contributed by atoms with Crippen molar-refractivity contribution in [3.05, 3.63) is 52.7 Å². The predicted octanol–water partition coefficient (Wildman–Crippen LogP) is 2.38. The molecule has 4 N–H and O–H groups in total. The van der Waals surface area contributed by atoms with Crippen LogP contribution in [0.5, 0.6) is 0 Å². The lowest BCUT2D eigenvalue weighted by Gasteiger charge is -2.10. The van der Waals surface area contributed by atoms with Gasteiger partial charge >= 0.3 is 0 Å². The predicted molar refractivity (Wildman–Crippen MR) is 75.0 cm³/mol. The highest BCUT2D eigenvalue weighted by Gasteiger charge is 2.18. The molecule has 0 aliphatic heterocycles. The second-order valence-corrected chi connectivity index (χ2v) is 4.43. The Bertz CT molecular complexity index is 722. The molecule has 0 spiro atoms. The molecule has 0 fully saturated rings. The van der Waals surface area contributed by atoms with Crippen LogP contribution in [0.15, 0.2) is 33.8 Å². The summed E-state index contributed by atoms with van der Waals surface area (Å²) in [5.74, 6) is -0.561. The van der Waals surface area contributed by atoms with Crippen LogP contribution in [0.1, 0.15) is 27.4 Å². The Morgan fingerprint density at radius 3 is 2.71 bits per heavy atom. The number of benzene rings is 1. The highest BCUT2D eigenvalue weighted by Crippen LogP contribution is 2.21. The zero-order chi connectivity index (χ0) is 15.6. The fourth-order valence-electron chi connectivity index (χ4n) is 1.98. The van der Waals surface area contributed by atoms with Crippen LogP contribution >= 0.6 is 0 Å². The number of nitrogens with one attached hydrogen (secondary N) is 1. The van der Waals surface area contributed by atoms with E-state index in [1.54, 1.807) is 19.9 Å². The third kappa shape index (κ3) is 2.86. The summed E-state index contributed by atoms with van der Waals surface area (Å²) in [6.07, 6.45) is 0. The maximum absolute atomic E-state index is 13.8. The fraction of sp³-hybridized carbons (Fsp3) is 0.143. The Balaban J connectivity index is 2.38. The minimum atomic E-state index is -0.705. The molecule has 1 heterocycles. The average Bonchev–Trinajstić information content (AvgIpc) is 2.77. The number of amides is 1. The highest BCUT2D eigenvalue weighted by molar-refractivity contribution is 6.10. The fourth-order valence-corrected chi connectivity index (χ4v) is 1.98. The van der Waals surface area contributed by atoms with Gasteiger partial charge < -0.3 is 20.7 Å². The molecular weight excluding hydrogens is 277 g/mol. The molecule has 21 heavy (non-hydrogen) atoms. The molecule has 1 aromatic heterocycles. The van der Waals surface area contributed by atoms with Crippen molar-refractivity contribution in [2.45, 2.75) is 13.8 Å². The summed E-state index contributed by atoms with van der Waals surface area (Å²) >= 11 is 0. The molecule has 110 valence electrons. The Morgan fingerprint density at radius 1 is 1.43 bits per heavy atom. The molecule has 0 atom stereocenters. The van der Waals surface area contributed by atoms with Gasteiger partial charge in [-0.25, -0.2) is 4.39 Å². The van der Waals surface area contributed by atoms with Gasteiger partial charge in [0.2, 0.25) is 0 Å². The van der Waals surface area contributed by atoms with E-state index in [0.717, 1.165) is 6.07 Å². The van der Waals surface area contributed by atoms with Crippen molar-refractivity contribution < 1.29 is 18.8 Å². The Morgan fingerprint density at radius 2 is 2.14 bits per heavy atom. The third-order valence-electron chi connectivity index (χ3n) is 2.91. The maximum atomic E-state index is 13.8. The maximum Gasteiger partial charge on any atom is 0.259 e. The van der Waals surface area contributed by atoms with Gasteiger partial charge in [0.25, 0.3) is 5.91 Å². The number of oxime groups is 1. The van der Waals surface area contributed by atoms with Crippen molar-refractivity contribution in [1.82, 2.24) is 0 Å². The van der Waals surface area contributed by atoms with Crippen LogP contribution in [0, 0.1) is 19.7 Å². The largest absolute Gasteiger partial charge is 0.466 e. The van der Waals surface area contributed by atoms with Crippen molar-refractivity contribution in [2.24, 2.45) is 10.9 Å². The van der Waals surface area contributed by atoms with Crippen LogP contribution in [0.25, 0.3) is 0 Å². The summed E-state index contributed by atoms with van der Waals surface area (Å²) in [4.78, 5) is 12.2. The molecule has 7 heteroatoms. The third-order valence-corrected chi connectivity index (χ3v) is 2.91. The first-order valence-corrected chi connectivity index (χ1v) is 6.09. The zero-order valence-corrected chi connectivity index (χ0v) is 11.5. The summed E-state index contributed by atoms with van der Waals surface area (Å²) in [7, 11) is 0. The summed E-state index contributed by atoms with van der Waals surface area (Å²) in [6.45, 7) is 3.37. The van der Waals surface area contributed by atoms with Gasteiger partial charge in [-0.2, -0.15) is 0 Å². The number of nitrogens with zero attached hydrogens (tertiary/aromatic N) is 1. The van der Waals surface area contributed by atoms with E-state index in [9.17, 15) is 9.18 Å². The van der Waals surface area contributed by atoms with Gasteiger partial charge in [0.15, 0.2) is 5.84 Å². The number of amidine groups is 1. The van der Waals surface area contributed by atoms with Crippen LogP contribution in [0.2, 0.25) is 0 Å². The monoisotopic (exact) mass is 291 g/mol. The van der Waals surface area contributed by atoms with Gasteiger partial charge in [0, 0.05) is 0 Å². The average molecular weight is 291 g/mol. The van der Waals surface area contributed by atoms with E-state index >= 15 is 0 Å². The van der Waals surface area contributed by atoms with E-state index in [-0.39, 0.29) is 11.3 Å². The minimum absolute atomic E-state index is 0.105. The summed E-state index contributed by atoms with van der Waals surface area (Å²) in [5, 5.41) is 14.0. The van der Waals surface area contributed by atoms with Crippen LogP contribution in [0.3, 0.4) is 0 Å². The van der Waals surface area contributed by atoms with E-state index in [2.05, 4.69) is 10.5 Å². The van der Waals surface area contributed by atoms with E-state index in [0.29, 0.717) is 17.1 Å². The first-order valence-electron chi connectivity index (χ1n) is 6.09. The number of aryl methyl sites for hydroxylation is 2. The molecule has 0 saturated carbocycles. The molecule has 1 amide bonds. The summed E-state index contributed by atoms with van der Waals surface area (Å²) in [6, 6.07) is 5.59. The van der Waals surface area contributed by atoms with Gasteiger partial charge in [-0.15, -0.1) is 0 Å². The molecule has 0 aliphatic rings. The topological polar surface area (TPSA) is 101 Å². The Hall–Kier alpha value is -2.83. The minimum Gasteiger partial charge on any atom is -0.466 e. The van der Waals surface area contributed by atoms with Crippen molar-refractivity contribution in [1.29, 1.82) is 0 Å². The number of carbonyl (C=O) groups is 1. The van der Waals surface area contributed by atoms with E-state index in [4.69, 9.17) is 15.4 Å². The molecular formula is C14H14FN3O3. The molecule has 0 unspecified atom stereocenters. The second-order valence-electron chi connectivity index (χ2n) is 4.43. The normalized spacial score (nSPS) is 11.5. The number of hydrogen-bond donors (Lipinski definition) is 3. The van der Waals surface area contributed by atoms with Crippen LogP contribution in [-0.2, 0) is 0 Å². The smallest absolute Gasteiger partial charge is 0.259 e. The molecule has 0 radical (unpaired) electrons. The van der Waals surface area contributed by atoms with Crippen molar-refractivity contribution in [3.63, 3.8) is 0 Å². The summed E-state index contributed by atoms with van der Waals surface area (Å²) in [5.41, 5.74) is 5.70. The lowest BCUT2D eigenvalue weighted by atomic mass is 10.1. The van der Waals surface area contributed by atoms with Crippen LogP contribution < -0.4 is 11.1 Å². The van der Waals surface area contributed by atoms with Gasteiger partial charge in [-0.3, -0.25) is 4.79 Å². The number of furan rings is 1. The summed E-state index contributed by atoms with van der Waals surface area (Å²) < 4.78 is 19.1. The quantitative estimate of drug-likeness (QED) is 0.350. The van der Waals surface area contributed by atoms with Crippen molar-refractivity contribution in [2.75, 3.05) is 5.32 Å². The molecule has 2 rings (SSSR count). The van der Waals surface area contributed by atoms with Gasteiger partial charge in [0.05, 0.1) is 16.8 Å². The molecule has 0 bridgehead atoms. The number of hydrogen-bond acceptors (Lipinski definition) is 4. The lowest BCUT2D eigenvalue weighted by molar-refractivity contribution is 0.102. The number of anilines is 1. The molecule has 1 aromatic carbocycles. The molecule has 6 nitrogen and oxygen atoms in total. The number of rotatable bonds is 3. The first-order chi connectivity index (χ1) is 9.93. The van der Waals surface area contributed by atoms with Gasteiger partial charge in [-0.1, -0.05) is 11.2 Å². The Labute approximate surface area is 120 Å². The highest BCUT2D eigenvalue weighted by atomic mass is 19.1. The standard InChI is InChI=1S/C14H14FN3O3/c1-7-6-9(8(2)21-7)14(19)17-11-5-3-4-10(15)12(11)13(16)18-20/h3-6,20H,1-2H3,(H2,16,18)(H,17,19). The van der Waals surface area contributed by atoms with Gasteiger partial charge in [-0.05, 0) is 32.0 Å². The SMILES string of the molecule is Cc1cc(C(=O)Nc2cccc(F)c2/C(N)=N/O)c(C)o1. The van der Waals surface area contributed by atoms with Crippen molar-refractivity contribution in [3.8, 4) is 0 Å². The van der Waals surface area contributed by atoms with Crippen LogP contribution in [-0.4, -0.2) is 17.0 Å². The molecule has 0 saturated heterocycles. The van der Waals surface area contributed by atoms with E-state index in [1.165, 1.54) is 12.1 Å².